The largest absolute Gasteiger partial charge is 0.336 e. The maximum atomic E-state index is 12.7. The number of carbonyl (C=O) groups excluding carboxylic acids is 1. The van der Waals surface area contributed by atoms with Gasteiger partial charge in [-0.2, -0.15) is 10.4 Å². The highest BCUT2D eigenvalue weighted by molar-refractivity contribution is 7.12. The van der Waals surface area contributed by atoms with Gasteiger partial charge >= 0.3 is 0 Å². The van der Waals surface area contributed by atoms with E-state index in [-0.39, 0.29) is 11.9 Å². The van der Waals surface area contributed by atoms with Crippen LogP contribution in [-0.4, -0.2) is 33.7 Å². The molecule has 1 aliphatic heterocycles. The molecule has 3 rings (SSSR count). The molecular weight excluding hydrogens is 296 g/mol. The van der Waals surface area contributed by atoms with Gasteiger partial charge in [0, 0.05) is 18.8 Å². The predicted molar refractivity (Wildman–Crippen MR) is 84.9 cm³/mol. The SMILES string of the molecule is Cc1cc(C)n([C@@H]2CCCN(C(=O)c3sccc3C#N)C2)n1. The van der Waals surface area contributed by atoms with E-state index in [1.807, 2.05) is 23.4 Å². The van der Waals surface area contributed by atoms with E-state index in [0.29, 0.717) is 17.0 Å². The van der Waals surface area contributed by atoms with Gasteiger partial charge in [-0.05, 0) is 44.2 Å². The number of rotatable bonds is 2. The lowest BCUT2D eigenvalue weighted by Crippen LogP contribution is -2.41. The number of aryl methyl sites for hydroxylation is 2. The summed E-state index contributed by atoms with van der Waals surface area (Å²) in [5.74, 6) is -0.0298. The van der Waals surface area contributed by atoms with E-state index in [1.165, 1.54) is 11.3 Å². The number of nitriles is 1. The Kier molecular flexibility index (Phi) is 3.99. The number of piperidine rings is 1. The number of hydrogen-bond acceptors (Lipinski definition) is 4. The molecule has 1 amide bonds. The first-order valence-corrected chi connectivity index (χ1v) is 8.27. The number of aromatic nitrogens is 2. The van der Waals surface area contributed by atoms with Crippen LogP contribution in [0.5, 0.6) is 0 Å². The molecule has 3 heterocycles. The lowest BCUT2D eigenvalue weighted by molar-refractivity contribution is 0.0676. The Bertz CT molecular complexity index is 740. The molecule has 1 atom stereocenters. The smallest absolute Gasteiger partial charge is 0.265 e. The molecule has 0 saturated carbocycles. The fourth-order valence-corrected chi connectivity index (χ4v) is 3.87. The van der Waals surface area contributed by atoms with E-state index in [1.54, 1.807) is 11.4 Å². The van der Waals surface area contributed by atoms with E-state index in [0.717, 1.165) is 30.8 Å². The molecule has 0 radical (unpaired) electrons. The van der Waals surface area contributed by atoms with E-state index < -0.39 is 0 Å². The summed E-state index contributed by atoms with van der Waals surface area (Å²) in [5, 5.41) is 15.4. The van der Waals surface area contributed by atoms with Crippen LogP contribution in [0.2, 0.25) is 0 Å². The maximum absolute atomic E-state index is 12.7. The molecule has 0 bridgehead atoms. The highest BCUT2D eigenvalue weighted by Crippen LogP contribution is 2.26. The van der Waals surface area contributed by atoms with Crippen LogP contribution in [0.25, 0.3) is 0 Å². The zero-order valence-corrected chi connectivity index (χ0v) is 13.6. The summed E-state index contributed by atoms with van der Waals surface area (Å²) in [6.45, 7) is 5.44. The van der Waals surface area contributed by atoms with Crippen molar-refractivity contribution in [2.24, 2.45) is 0 Å². The number of nitrogens with zero attached hydrogens (tertiary/aromatic N) is 4. The highest BCUT2D eigenvalue weighted by atomic mass is 32.1. The Balaban J connectivity index is 1.80. The molecule has 6 heteroatoms. The van der Waals surface area contributed by atoms with Gasteiger partial charge < -0.3 is 4.90 Å². The van der Waals surface area contributed by atoms with Crippen LogP contribution < -0.4 is 0 Å². The minimum atomic E-state index is -0.0298. The Labute approximate surface area is 133 Å². The van der Waals surface area contributed by atoms with E-state index in [9.17, 15) is 4.79 Å². The maximum Gasteiger partial charge on any atom is 0.265 e. The van der Waals surface area contributed by atoms with Crippen molar-refractivity contribution in [2.45, 2.75) is 32.7 Å². The van der Waals surface area contributed by atoms with Gasteiger partial charge in [0.2, 0.25) is 0 Å². The van der Waals surface area contributed by atoms with Gasteiger partial charge in [0.15, 0.2) is 0 Å². The zero-order chi connectivity index (χ0) is 15.7. The van der Waals surface area contributed by atoms with Crippen LogP contribution in [0.1, 0.15) is 45.5 Å². The summed E-state index contributed by atoms with van der Waals surface area (Å²) in [6.07, 6.45) is 1.99. The fraction of sp³-hybridized carbons (Fsp3) is 0.438. The van der Waals surface area contributed by atoms with E-state index in [4.69, 9.17) is 5.26 Å². The van der Waals surface area contributed by atoms with Crippen LogP contribution >= 0.6 is 11.3 Å². The molecule has 5 nitrogen and oxygen atoms in total. The second-order valence-electron chi connectivity index (χ2n) is 5.69. The number of likely N-dealkylation sites (tertiary alicyclic amines) is 1. The fourth-order valence-electron chi connectivity index (χ4n) is 3.06. The predicted octanol–water partition coefficient (Wildman–Crippen LogP) is 2.91. The molecule has 1 fully saturated rings. The summed E-state index contributed by atoms with van der Waals surface area (Å²) in [6, 6.07) is 6.09. The van der Waals surface area contributed by atoms with Crippen molar-refractivity contribution in [1.29, 1.82) is 5.26 Å². The van der Waals surface area contributed by atoms with Gasteiger partial charge in [-0.15, -0.1) is 11.3 Å². The van der Waals surface area contributed by atoms with Crippen molar-refractivity contribution in [2.75, 3.05) is 13.1 Å². The minimum absolute atomic E-state index is 0.0298. The summed E-state index contributed by atoms with van der Waals surface area (Å²) in [7, 11) is 0. The molecule has 1 aliphatic rings. The first kappa shape index (κ1) is 14.8. The summed E-state index contributed by atoms with van der Waals surface area (Å²) < 4.78 is 2.04. The van der Waals surface area contributed by atoms with Crippen molar-refractivity contribution < 1.29 is 4.79 Å². The van der Waals surface area contributed by atoms with Crippen molar-refractivity contribution in [1.82, 2.24) is 14.7 Å². The van der Waals surface area contributed by atoms with Gasteiger partial charge in [-0.25, -0.2) is 0 Å². The zero-order valence-electron chi connectivity index (χ0n) is 12.7. The number of thiophene rings is 1. The summed E-state index contributed by atoms with van der Waals surface area (Å²) >= 11 is 1.34. The Morgan fingerprint density at radius 1 is 1.50 bits per heavy atom. The molecule has 0 aromatic carbocycles. The quantitative estimate of drug-likeness (QED) is 0.856. The van der Waals surface area contributed by atoms with E-state index in [2.05, 4.69) is 17.2 Å². The average molecular weight is 314 g/mol. The van der Waals surface area contributed by atoms with Crippen molar-refractivity contribution in [3.8, 4) is 6.07 Å². The van der Waals surface area contributed by atoms with Crippen LogP contribution in [0.15, 0.2) is 17.5 Å². The van der Waals surface area contributed by atoms with Crippen LogP contribution in [0.3, 0.4) is 0 Å². The first-order valence-electron chi connectivity index (χ1n) is 7.39. The molecule has 0 N–H and O–H groups in total. The van der Waals surface area contributed by atoms with E-state index >= 15 is 0 Å². The molecule has 2 aromatic heterocycles. The standard InChI is InChI=1S/C16H18N4OS/c1-11-8-12(2)20(18-11)14-4-3-6-19(10-14)16(21)15-13(9-17)5-7-22-15/h5,7-8,14H,3-4,6,10H2,1-2H3/t14-/m1/s1. The molecule has 1 saturated heterocycles. The Morgan fingerprint density at radius 3 is 3.00 bits per heavy atom. The average Bonchev–Trinajstić information content (AvgIpc) is 3.12. The van der Waals surface area contributed by atoms with Gasteiger partial charge in [0.1, 0.15) is 10.9 Å². The first-order chi connectivity index (χ1) is 10.6. The number of amides is 1. The second kappa shape index (κ2) is 5.93. The third kappa shape index (κ3) is 2.64. The van der Waals surface area contributed by atoms with Crippen LogP contribution in [-0.2, 0) is 0 Å². The third-order valence-electron chi connectivity index (χ3n) is 4.05. The lowest BCUT2D eigenvalue weighted by Gasteiger charge is -2.33. The molecule has 0 aliphatic carbocycles. The molecule has 2 aromatic rings. The van der Waals surface area contributed by atoms with Crippen molar-refractivity contribution in [3.63, 3.8) is 0 Å². The third-order valence-corrected chi connectivity index (χ3v) is 4.96. The lowest BCUT2D eigenvalue weighted by atomic mass is 10.1. The molecule has 0 unspecified atom stereocenters. The second-order valence-corrected chi connectivity index (χ2v) is 6.61. The number of hydrogen-bond donors (Lipinski definition) is 0. The molecular formula is C16H18N4OS. The molecule has 114 valence electrons. The summed E-state index contributed by atoms with van der Waals surface area (Å²) in [4.78, 5) is 15.1. The monoisotopic (exact) mass is 314 g/mol. The van der Waals surface area contributed by atoms with Gasteiger partial charge in [0.05, 0.1) is 17.3 Å². The van der Waals surface area contributed by atoms with Crippen LogP contribution in [0, 0.1) is 25.2 Å². The van der Waals surface area contributed by atoms with Crippen molar-refractivity contribution in [3.05, 3.63) is 39.3 Å². The van der Waals surface area contributed by atoms with Gasteiger partial charge in [0.25, 0.3) is 5.91 Å². The Hall–Kier alpha value is -2.13. The Morgan fingerprint density at radius 2 is 2.32 bits per heavy atom. The number of carbonyl (C=O) groups is 1. The van der Waals surface area contributed by atoms with Gasteiger partial charge in [-0.1, -0.05) is 0 Å². The normalized spacial score (nSPS) is 18.2. The summed E-state index contributed by atoms with van der Waals surface area (Å²) in [5.41, 5.74) is 2.61. The van der Waals surface area contributed by atoms with Crippen LogP contribution in [0.4, 0.5) is 0 Å². The molecule has 22 heavy (non-hydrogen) atoms. The minimum Gasteiger partial charge on any atom is -0.336 e. The van der Waals surface area contributed by atoms with Crippen molar-refractivity contribution >= 4 is 17.2 Å². The topological polar surface area (TPSA) is 61.9 Å². The molecule has 0 spiro atoms. The highest BCUT2D eigenvalue weighted by Gasteiger charge is 2.28. The van der Waals surface area contributed by atoms with Gasteiger partial charge in [-0.3, -0.25) is 9.48 Å².